The lowest BCUT2D eigenvalue weighted by Crippen LogP contribution is -2.41. The first-order chi connectivity index (χ1) is 11.7. The van der Waals surface area contributed by atoms with Crippen LogP contribution in [0.25, 0.3) is 0 Å². The third kappa shape index (κ3) is 8.68. The molecular weight excluding hydrogens is 445 g/mol. The third-order valence-electron chi connectivity index (χ3n) is 4.30. The Bertz CT molecular complexity index is 495. The highest BCUT2D eigenvalue weighted by Crippen LogP contribution is 2.18. The molecule has 0 atom stereocenters. The summed E-state index contributed by atoms with van der Waals surface area (Å²) in [4.78, 5) is 11.9. The van der Waals surface area contributed by atoms with Gasteiger partial charge >= 0.3 is 0 Å². The van der Waals surface area contributed by atoms with Gasteiger partial charge in [0.1, 0.15) is 5.01 Å². The Kier molecular flexibility index (Phi) is 11.6. The molecule has 5 nitrogen and oxygen atoms in total. The SMILES string of the molecule is CCNC(=NCc1nc(C(C)C)cs1)NCCN1CCCCCC1.I. The van der Waals surface area contributed by atoms with Crippen molar-refractivity contribution < 1.29 is 0 Å². The van der Waals surface area contributed by atoms with Crippen LogP contribution in [0, 0.1) is 0 Å². The normalized spacial score (nSPS) is 16.4. The summed E-state index contributed by atoms with van der Waals surface area (Å²) in [7, 11) is 0. The molecule has 0 saturated carbocycles. The van der Waals surface area contributed by atoms with Crippen LogP contribution in [0.5, 0.6) is 0 Å². The summed E-state index contributed by atoms with van der Waals surface area (Å²) in [5.41, 5.74) is 1.17. The number of nitrogens with one attached hydrogen (secondary N) is 2. The van der Waals surface area contributed by atoms with E-state index in [4.69, 9.17) is 0 Å². The van der Waals surface area contributed by atoms with E-state index in [1.807, 2.05) is 0 Å². The third-order valence-corrected chi connectivity index (χ3v) is 5.15. The molecule has 1 aliphatic heterocycles. The Balaban J connectivity index is 0.00000312. The second-order valence-corrected chi connectivity index (χ2v) is 7.64. The van der Waals surface area contributed by atoms with Gasteiger partial charge in [0.15, 0.2) is 5.96 Å². The minimum absolute atomic E-state index is 0. The topological polar surface area (TPSA) is 52.6 Å². The van der Waals surface area contributed by atoms with Crippen molar-refractivity contribution >= 4 is 41.3 Å². The van der Waals surface area contributed by atoms with Gasteiger partial charge in [-0.25, -0.2) is 9.98 Å². The standard InChI is InChI=1S/C18H33N5S.HI/c1-4-19-18(20-9-12-23-10-7-5-6-8-11-23)21-13-17-22-16(14-24-17)15(2)3;/h14-15H,4-13H2,1-3H3,(H2,19,20,21);1H. The maximum atomic E-state index is 4.68. The van der Waals surface area contributed by atoms with E-state index in [1.165, 1.54) is 44.5 Å². The number of halogens is 1. The van der Waals surface area contributed by atoms with Gasteiger partial charge in [-0.05, 0) is 38.8 Å². The highest BCUT2D eigenvalue weighted by Gasteiger charge is 2.09. The van der Waals surface area contributed by atoms with Crippen molar-refractivity contribution in [2.45, 2.75) is 58.9 Å². The molecule has 2 rings (SSSR count). The second-order valence-electron chi connectivity index (χ2n) is 6.70. The fourth-order valence-electron chi connectivity index (χ4n) is 2.84. The number of rotatable bonds is 7. The molecule has 1 saturated heterocycles. The predicted molar refractivity (Wildman–Crippen MR) is 119 cm³/mol. The van der Waals surface area contributed by atoms with Crippen LogP contribution >= 0.6 is 35.3 Å². The number of nitrogens with zero attached hydrogens (tertiary/aromatic N) is 3. The van der Waals surface area contributed by atoms with Gasteiger partial charge in [-0.1, -0.05) is 26.7 Å². The van der Waals surface area contributed by atoms with Crippen molar-refractivity contribution in [3.8, 4) is 0 Å². The minimum Gasteiger partial charge on any atom is -0.357 e. The summed E-state index contributed by atoms with van der Waals surface area (Å²) >= 11 is 1.70. The number of thiazole rings is 1. The van der Waals surface area contributed by atoms with Gasteiger partial charge in [0.2, 0.25) is 0 Å². The molecule has 7 heteroatoms. The van der Waals surface area contributed by atoms with Gasteiger partial charge in [0.05, 0.1) is 12.2 Å². The van der Waals surface area contributed by atoms with Gasteiger partial charge in [-0.15, -0.1) is 35.3 Å². The summed E-state index contributed by atoms with van der Waals surface area (Å²) in [6.45, 7) is 12.5. The molecule has 0 aromatic carbocycles. The molecule has 1 fully saturated rings. The summed E-state index contributed by atoms with van der Waals surface area (Å²) < 4.78 is 0. The summed E-state index contributed by atoms with van der Waals surface area (Å²) in [6, 6.07) is 0. The van der Waals surface area contributed by atoms with Crippen LogP contribution < -0.4 is 10.6 Å². The highest BCUT2D eigenvalue weighted by atomic mass is 127. The zero-order chi connectivity index (χ0) is 17.2. The average molecular weight is 479 g/mol. The Hall–Kier alpha value is -0.410. The molecular formula is C18H34IN5S. The second kappa shape index (κ2) is 12.9. The van der Waals surface area contributed by atoms with E-state index in [2.05, 4.69) is 51.7 Å². The van der Waals surface area contributed by atoms with Crippen LogP contribution in [0.4, 0.5) is 0 Å². The lowest BCUT2D eigenvalue weighted by atomic mass is 10.2. The van der Waals surface area contributed by atoms with Crippen LogP contribution in [-0.2, 0) is 6.54 Å². The van der Waals surface area contributed by atoms with Crippen molar-refractivity contribution in [1.82, 2.24) is 20.5 Å². The average Bonchev–Trinajstić information content (AvgIpc) is 2.90. The number of guanidine groups is 1. The van der Waals surface area contributed by atoms with Crippen LogP contribution in [0.2, 0.25) is 0 Å². The van der Waals surface area contributed by atoms with Gasteiger partial charge in [-0.3, -0.25) is 0 Å². The molecule has 144 valence electrons. The number of hydrogen-bond donors (Lipinski definition) is 2. The molecule has 1 aromatic heterocycles. The fourth-order valence-corrected chi connectivity index (χ4v) is 3.72. The molecule has 1 aromatic rings. The lowest BCUT2D eigenvalue weighted by Gasteiger charge is -2.20. The monoisotopic (exact) mass is 479 g/mol. The lowest BCUT2D eigenvalue weighted by molar-refractivity contribution is 0.289. The zero-order valence-corrected chi connectivity index (χ0v) is 19.0. The predicted octanol–water partition coefficient (Wildman–Crippen LogP) is 3.82. The van der Waals surface area contributed by atoms with Gasteiger partial charge < -0.3 is 15.5 Å². The molecule has 1 aliphatic rings. The molecule has 0 unspecified atom stereocenters. The van der Waals surface area contributed by atoms with Crippen molar-refractivity contribution in [1.29, 1.82) is 0 Å². The van der Waals surface area contributed by atoms with Gasteiger partial charge in [0, 0.05) is 25.0 Å². The molecule has 2 N–H and O–H groups in total. The molecule has 0 amide bonds. The zero-order valence-electron chi connectivity index (χ0n) is 15.9. The number of aromatic nitrogens is 1. The van der Waals surface area contributed by atoms with Crippen molar-refractivity contribution in [3.63, 3.8) is 0 Å². The quantitative estimate of drug-likeness (QED) is 0.355. The molecule has 0 bridgehead atoms. The van der Waals surface area contributed by atoms with Crippen molar-refractivity contribution in [3.05, 3.63) is 16.1 Å². The van der Waals surface area contributed by atoms with Crippen LogP contribution in [0.1, 0.15) is 63.1 Å². The van der Waals surface area contributed by atoms with Crippen LogP contribution in [0.3, 0.4) is 0 Å². The summed E-state index contributed by atoms with van der Waals surface area (Å²) in [6.07, 6.45) is 5.47. The fraction of sp³-hybridized carbons (Fsp3) is 0.778. The highest BCUT2D eigenvalue weighted by molar-refractivity contribution is 14.0. The van der Waals surface area contributed by atoms with E-state index in [9.17, 15) is 0 Å². The van der Waals surface area contributed by atoms with E-state index in [0.717, 1.165) is 30.6 Å². The van der Waals surface area contributed by atoms with E-state index in [-0.39, 0.29) is 24.0 Å². The van der Waals surface area contributed by atoms with E-state index in [1.54, 1.807) is 11.3 Å². The summed E-state index contributed by atoms with van der Waals surface area (Å²) in [5, 5.41) is 10.0. The number of aliphatic imine (C=N–C) groups is 1. The van der Waals surface area contributed by atoms with Crippen LogP contribution in [0.15, 0.2) is 10.4 Å². The number of hydrogen-bond acceptors (Lipinski definition) is 4. The maximum Gasteiger partial charge on any atom is 0.191 e. The molecule has 25 heavy (non-hydrogen) atoms. The number of likely N-dealkylation sites (tertiary alicyclic amines) is 1. The van der Waals surface area contributed by atoms with E-state index < -0.39 is 0 Å². The van der Waals surface area contributed by atoms with E-state index >= 15 is 0 Å². The van der Waals surface area contributed by atoms with Crippen LogP contribution in [-0.4, -0.2) is 48.6 Å². The molecule has 2 heterocycles. The van der Waals surface area contributed by atoms with Gasteiger partial charge in [-0.2, -0.15) is 0 Å². The summed E-state index contributed by atoms with van der Waals surface area (Å²) in [5.74, 6) is 1.38. The Morgan fingerprint density at radius 1 is 1.24 bits per heavy atom. The Morgan fingerprint density at radius 2 is 1.96 bits per heavy atom. The molecule has 0 aliphatic carbocycles. The Morgan fingerprint density at radius 3 is 2.56 bits per heavy atom. The first-order valence-electron chi connectivity index (χ1n) is 9.38. The molecule has 0 spiro atoms. The van der Waals surface area contributed by atoms with Crippen molar-refractivity contribution in [2.75, 3.05) is 32.7 Å². The van der Waals surface area contributed by atoms with Crippen molar-refractivity contribution in [2.24, 2.45) is 4.99 Å². The largest absolute Gasteiger partial charge is 0.357 e. The first-order valence-corrected chi connectivity index (χ1v) is 10.3. The van der Waals surface area contributed by atoms with E-state index in [0.29, 0.717) is 12.5 Å². The first kappa shape index (κ1) is 22.6. The Labute approximate surface area is 174 Å². The smallest absolute Gasteiger partial charge is 0.191 e. The maximum absolute atomic E-state index is 4.68. The molecule has 0 radical (unpaired) electrons. The van der Waals surface area contributed by atoms with Gasteiger partial charge in [0.25, 0.3) is 0 Å². The minimum atomic E-state index is 0.